The number of rotatable bonds is 3. The van der Waals surface area contributed by atoms with E-state index in [0.717, 1.165) is 6.42 Å². The zero-order valence-corrected chi connectivity index (χ0v) is 50.2. The Bertz CT molecular complexity index is 4200. The molecule has 0 spiro atoms. The lowest BCUT2D eigenvalue weighted by molar-refractivity contribution is 0.332. The number of benzene rings is 9. The quantitative estimate of drug-likeness (QED) is 0.163. The number of fused-ring (bicyclic) bond motifs is 15. The second-order valence-electron chi connectivity index (χ2n) is 28.4. The first-order chi connectivity index (χ1) is 38.0. The van der Waals surface area contributed by atoms with Gasteiger partial charge < -0.3 is 9.71 Å². The van der Waals surface area contributed by atoms with E-state index in [-0.39, 0.29) is 39.3 Å². The van der Waals surface area contributed by atoms with Crippen molar-refractivity contribution < 1.29 is 0 Å². The van der Waals surface area contributed by atoms with Crippen LogP contribution in [0.3, 0.4) is 0 Å². The summed E-state index contributed by atoms with van der Waals surface area (Å²) in [5.41, 5.74) is 33.0. The van der Waals surface area contributed by atoms with Crippen molar-refractivity contribution >= 4 is 58.0 Å². The monoisotopic (exact) mass is 1060 g/mol. The summed E-state index contributed by atoms with van der Waals surface area (Å²) in [6.07, 6.45) is 2.33. The zero-order valence-electron chi connectivity index (χ0n) is 49.4. The molecule has 0 bridgehead atoms. The third-order valence-corrected chi connectivity index (χ3v) is 21.7. The van der Waals surface area contributed by atoms with E-state index < -0.39 is 0 Å². The molecule has 3 heterocycles. The van der Waals surface area contributed by atoms with Crippen LogP contribution in [0.5, 0.6) is 0 Å². The smallest absolute Gasteiger partial charge is 0.333 e. The third-order valence-electron chi connectivity index (χ3n) is 20.6. The molecule has 0 N–H and O–H groups in total. The van der Waals surface area contributed by atoms with Crippen LogP contribution in [0.4, 0.5) is 28.4 Å². The van der Waals surface area contributed by atoms with Crippen molar-refractivity contribution in [2.24, 2.45) is 0 Å². The van der Waals surface area contributed by atoms with Gasteiger partial charge in [-0.05, 0) is 178 Å². The van der Waals surface area contributed by atoms with Crippen LogP contribution >= 0.6 is 11.8 Å². The maximum absolute atomic E-state index is 2.89. The molecule has 15 rings (SSSR count). The highest BCUT2D eigenvalue weighted by molar-refractivity contribution is 7.99. The Morgan fingerprint density at radius 1 is 0.438 bits per heavy atom. The van der Waals surface area contributed by atoms with E-state index in [1.807, 2.05) is 11.8 Å². The molecule has 0 amide bonds. The molecule has 0 atom stereocenters. The average molecular weight is 1060 g/mol. The van der Waals surface area contributed by atoms with Crippen molar-refractivity contribution in [1.29, 1.82) is 0 Å². The van der Waals surface area contributed by atoms with Crippen LogP contribution in [0.25, 0.3) is 44.5 Å². The van der Waals surface area contributed by atoms with E-state index in [4.69, 9.17) is 0 Å². The van der Waals surface area contributed by atoms with E-state index in [0.29, 0.717) is 0 Å². The topological polar surface area (TPSA) is 6.48 Å². The lowest BCUT2D eigenvalue weighted by atomic mass is 9.42. The predicted octanol–water partition coefficient (Wildman–Crippen LogP) is 19.4. The molecule has 0 saturated heterocycles. The maximum atomic E-state index is 2.89. The molecule has 0 fully saturated rings. The molecule has 9 aromatic carbocycles. The molecule has 0 unspecified atom stereocenters. The summed E-state index contributed by atoms with van der Waals surface area (Å²) in [6, 6.07) is 64.9. The Morgan fingerprint density at radius 2 is 1.02 bits per heavy atom. The molecular weight excluding hydrogens is 984 g/mol. The van der Waals surface area contributed by atoms with Gasteiger partial charge in [0.15, 0.2) is 0 Å². The van der Waals surface area contributed by atoms with Gasteiger partial charge in [-0.15, -0.1) is 0 Å². The number of hydrogen-bond acceptors (Lipinski definition) is 3. The second kappa shape index (κ2) is 16.3. The van der Waals surface area contributed by atoms with Crippen LogP contribution in [-0.2, 0) is 32.5 Å². The fourth-order valence-electron chi connectivity index (χ4n) is 16.0. The average Bonchev–Trinajstić information content (AvgIpc) is 3.88. The van der Waals surface area contributed by atoms with Gasteiger partial charge in [0.05, 0.1) is 0 Å². The molecule has 3 aliphatic heterocycles. The lowest BCUT2D eigenvalue weighted by Gasteiger charge is -2.50. The first kappa shape index (κ1) is 50.0. The summed E-state index contributed by atoms with van der Waals surface area (Å²) in [6.45, 7) is 34.1. The van der Waals surface area contributed by atoms with E-state index in [2.05, 4.69) is 270 Å². The standard InChI is InChI=1S/C76H73BN2S/c1-44-38-55-56(73(7,8)37-36-72(55,5)6)40-61(44)78-62-41-57-65(80-64-31-23-22-30-54(64)75(57,11)12)43-59(62)77-69-63(78)42-58-66(49-27-19-21-29-53(49)74(58,9)10)67(69)50-34-33-48-47-26-18-20-28-52(47)76(13,14)68(48)70(50)79(77)60-35-32-46(71(2,3)4)39-51(60)45-24-16-15-17-25-45/h15-35,38-43H,36-37H2,1-14H3. The van der Waals surface area contributed by atoms with Crippen molar-refractivity contribution in [3.8, 4) is 44.5 Å². The highest BCUT2D eigenvalue weighted by atomic mass is 32.2. The minimum Gasteiger partial charge on any atom is -0.376 e. The van der Waals surface area contributed by atoms with Crippen molar-refractivity contribution in [3.63, 3.8) is 0 Å². The van der Waals surface area contributed by atoms with Gasteiger partial charge in [-0.3, -0.25) is 0 Å². The van der Waals surface area contributed by atoms with E-state index in [1.165, 1.54) is 156 Å². The Morgan fingerprint density at radius 3 is 1.74 bits per heavy atom. The minimum atomic E-state index is -0.312. The minimum absolute atomic E-state index is 0.0151. The molecule has 6 aliphatic rings. The normalized spacial score (nSPS) is 18.1. The Kier molecular flexibility index (Phi) is 10.2. The van der Waals surface area contributed by atoms with Crippen molar-refractivity contribution in [2.45, 2.75) is 152 Å². The molecule has 0 saturated carbocycles. The molecule has 9 aromatic rings. The SMILES string of the molecule is Cc1cc2c(cc1N1c3cc4c(cc3B3c5c1cc1c(c5-c5ccc6c(c5N3c3ccc(C(C)(C)C)cc3-c3ccccc3)C(C)(C)c3ccccc3-6)-c3ccccc3C1(C)C)Sc1ccccc1C4(C)C)C(C)(C)CCC2(C)C. The van der Waals surface area contributed by atoms with Crippen LogP contribution in [0.15, 0.2) is 174 Å². The number of hydrogen-bond donors (Lipinski definition) is 0. The first-order valence-electron chi connectivity index (χ1n) is 29.5. The van der Waals surface area contributed by atoms with Crippen LogP contribution in [0.2, 0.25) is 0 Å². The van der Waals surface area contributed by atoms with Gasteiger partial charge in [-0.2, -0.15) is 0 Å². The summed E-state index contributed by atoms with van der Waals surface area (Å²) >= 11 is 1.96. The fraction of sp³-hybridized carbons (Fsp3) is 0.289. The lowest BCUT2D eigenvalue weighted by Crippen LogP contribution is -2.62. The van der Waals surface area contributed by atoms with Gasteiger partial charge >= 0.3 is 6.85 Å². The highest BCUT2D eigenvalue weighted by Crippen LogP contribution is 2.63. The summed E-state index contributed by atoms with van der Waals surface area (Å²) in [5, 5.41) is 0. The maximum Gasteiger partial charge on any atom is 0.333 e. The van der Waals surface area contributed by atoms with Gasteiger partial charge in [0.25, 0.3) is 0 Å². The van der Waals surface area contributed by atoms with Crippen LogP contribution in [0.1, 0.15) is 158 Å². The molecular formula is C76H73BN2S. The van der Waals surface area contributed by atoms with E-state index in [9.17, 15) is 0 Å². The fourth-order valence-corrected chi connectivity index (χ4v) is 17.4. The molecule has 4 heteroatoms. The van der Waals surface area contributed by atoms with Crippen molar-refractivity contribution in [3.05, 3.63) is 219 Å². The van der Waals surface area contributed by atoms with Gasteiger partial charge in [0.2, 0.25) is 0 Å². The number of nitrogens with zero attached hydrogens (tertiary/aromatic N) is 2. The van der Waals surface area contributed by atoms with E-state index >= 15 is 0 Å². The van der Waals surface area contributed by atoms with Crippen molar-refractivity contribution in [1.82, 2.24) is 0 Å². The molecule has 80 heavy (non-hydrogen) atoms. The largest absolute Gasteiger partial charge is 0.376 e. The summed E-state index contributed by atoms with van der Waals surface area (Å²) in [5.74, 6) is 0. The summed E-state index contributed by atoms with van der Waals surface area (Å²) in [4.78, 5) is 8.37. The first-order valence-corrected chi connectivity index (χ1v) is 30.3. The Hall–Kier alpha value is -7.01. The van der Waals surface area contributed by atoms with Crippen LogP contribution < -0.4 is 20.6 Å². The molecule has 396 valence electrons. The summed E-state index contributed by atoms with van der Waals surface area (Å²) < 4.78 is 0. The zero-order chi connectivity index (χ0) is 55.5. The second-order valence-corrected chi connectivity index (χ2v) is 29.5. The summed E-state index contributed by atoms with van der Waals surface area (Å²) in [7, 11) is 0. The Balaban J connectivity index is 1.16. The number of anilines is 5. The number of aryl methyl sites for hydroxylation is 1. The van der Waals surface area contributed by atoms with E-state index in [1.54, 1.807) is 0 Å². The van der Waals surface area contributed by atoms with Gasteiger partial charge in [0.1, 0.15) is 0 Å². The Labute approximate surface area is 480 Å². The predicted molar refractivity (Wildman–Crippen MR) is 342 cm³/mol. The molecule has 2 nitrogen and oxygen atoms in total. The molecule has 0 radical (unpaired) electrons. The highest BCUT2D eigenvalue weighted by Gasteiger charge is 2.54. The van der Waals surface area contributed by atoms with Crippen LogP contribution in [-0.4, -0.2) is 6.85 Å². The third kappa shape index (κ3) is 6.63. The molecule has 0 aromatic heterocycles. The molecule has 3 aliphatic carbocycles. The van der Waals surface area contributed by atoms with Crippen LogP contribution in [0, 0.1) is 6.92 Å². The van der Waals surface area contributed by atoms with Gasteiger partial charge in [0, 0.05) is 65.6 Å². The van der Waals surface area contributed by atoms with Gasteiger partial charge in [-0.1, -0.05) is 223 Å². The van der Waals surface area contributed by atoms with Gasteiger partial charge in [-0.25, -0.2) is 0 Å². The van der Waals surface area contributed by atoms with Crippen molar-refractivity contribution in [2.75, 3.05) is 9.71 Å².